The zero-order valence-electron chi connectivity index (χ0n) is 12.8. The highest BCUT2D eigenvalue weighted by Crippen LogP contribution is 2.30. The summed E-state index contributed by atoms with van der Waals surface area (Å²) in [6.45, 7) is 0. The maximum absolute atomic E-state index is 12.3. The molecule has 5 heteroatoms. The van der Waals surface area contributed by atoms with Crippen LogP contribution in [-0.4, -0.2) is 28.9 Å². The van der Waals surface area contributed by atoms with Crippen molar-refractivity contribution in [1.29, 1.82) is 0 Å². The Labute approximate surface area is 130 Å². The van der Waals surface area contributed by atoms with Gasteiger partial charge in [-0.25, -0.2) is 0 Å². The molecule has 2 fully saturated rings. The first-order valence-corrected chi connectivity index (χ1v) is 8.25. The van der Waals surface area contributed by atoms with E-state index >= 15 is 0 Å². The number of amides is 2. The van der Waals surface area contributed by atoms with Crippen molar-refractivity contribution in [2.45, 2.75) is 57.0 Å². The molecule has 3 rings (SSSR count). The molecule has 0 spiro atoms. The number of nitrogens with one attached hydrogen (secondary N) is 2. The molecule has 0 bridgehead atoms. The lowest BCUT2D eigenvalue weighted by atomic mass is 9.78. The molecule has 2 amide bonds. The first-order valence-electron chi connectivity index (χ1n) is 8.25. The largest absolute Gasteiger partial charge is 0.351 e. The lowest BCUT2D eigenvalue weighted by molar-refractivity contribution is -0.124. The van der Waals surface area contributed by atoms with E-state index in [-0.39, 0.29) is 23.9 Å². The average molecular weight is 301 g/mol. The lowest BCUT2D eigenvalue weighted by Gasteiger charge is -2.39. The molecule has 118 valence electrons. The summed E-state index contributed by atoms with van der Waals surface area (Å²) in [5, 5.41) is 6.21. The Morgan fingerprint density at radius 2 is 2.00 bits per heavy atom. The summed E-state index contributed by atoms with van der Waals surface area (Å²) in [6, 6.07) is 5.39. The maximum Gasteiger partial charge on any atom is 0.270 e. The van der Waals surface area contributed by atoms with Crippen LogP contribution in [-0.2, 0) is 4.79 Å². The second-order valence-electron chi connectivity index (χ2n) is 6.32. The maximum atomic E-state index is 12.3. The summed E-state index contributed by atoms with van der Waals surface area (Å²) in [4.78, 5) is 28.2. The highest BCUT2D eigenvalue weighted by atomic mass is 16.2. The van der Waals surface area contributed by atoms with Crippen LogP contribution in [0.4, 0.5) is 0 Å². The molecule has 0 aromatic carbocycles. The third kappa shape index (κ3) is 3.46. The van der Waals surface area contributed by atoms with Crippen molar-refractivity contribution in [3.8, 4) is 0 Å². The van der Waals surface area contributed by atoms with E-state index < -0.39 is 0 Å². The smallest absolute Gasteiger partial charge is 0.270 e. The van der Waals surface area contributed by atoms with Crippen molar-refractivity contribution in [3.05, 3.63) is 30.1 Å². The number of hydrogen-bond acceptors (Lipinski definition) is 3. The van der Waals surface area contributed by atoms with Crippen LogP contribution in [0.25, 0.3) is 0 Å². The summed E-state index contributed by atoms with van der Waals surface area (Å²) in [6.07, 6.45) is 8.82. The van der Waals surface area contributed by atoms with Gasteiger partial charge in [-0.05, 0) is 37.3 Å². The van der Waals surface area contributed by atoms with Gasteiger partial charge in [-0.15, -0.1) is 0 Å². The van der Waals surface area contributed by atoms with Crippen LogP contribution in [0.3, 0.4) is 0 Å². The van der Waals surface area contributed by atoms with Crippen LogP contribution < -0.4 is 10.6 Å². The summed E-state index contributed by atoms with van der Waals surface area (Å²) in [7, 11) is 0. The van der Waals surface area contributed by atoms with Gasteiger partial charge in [0, 0.05) is 12.6 Å². The molecule has 2 atom stereocenters. The minimum atomic E-state index is -0.150. The molecule has 1 aromatic rings. The van der Waals surface area contributed by atoms with Crippen LogP contribution in [0.2, 0.25) is 0 Å². The molecule has 2 N–H and O–H groups in total. The molecule has 1 aliphatic heterocycles. The number of rotatable bonds is 3. The highest BCUT2D eigenvalue weighted by molar-refractivity contribution is 5.92. The molecule has 1 aliphatic carbocycles. The third-order valence-corrected chi connectivity index (χ3v) is 4.82. The van der Waals surface area contributed by atoms with Crippen molar-refractivity contribution in [2.75, 3.05) is 0 Å². The Bertz CT molecular complexity index is 526. The quantitative estimate of drug-likeness (QED) is 0.897. The van der Waals surface area contributed by atoms with Crippen LogP contribution in [0, 0.1) is 5.92 Å². The van der Waals surface area contributed by atoms with Crippen LogP contribution in [0.1, 0.15) is 55.4 Å². The standard InChI is InChI=1S/C17H23N3O2/c21-15-10-9-13(16(20-15)12-6-2-1-3-7-12)19-17(22)14-8-4-5-11-18-14/h4-5,8,11-13,16H,1-3,6-7,9-10H2,(H,19,22)(H,20,21). The van der Waals surface area contributed by atoms with Gasteiger partial charge in [-0.2, -0.15) is 0 Å². The van der Waals surface area contributed by atoms with Gasteiger partial charge in [-0.1, -0.05) is 25.3 Å². The van der Waals surface area contributed by atoms with Gasteiger partial charge in [0.05, 0.1) is 12.1 Å². The second kappa shape index (κ2) is 6.90. The van der Waals surface area contributed by atoms with Crippen molar-refractivity contribution in [3.63, 3.8) is 0 Å². The van der Waals surface area contributed by atoms with E-state index in [0.717, 1.165) is 12.8 Å². The van der Waals surface area contributed by atoms with Gasteiger partial charge in [0.25, 0.3) is 5.91 Å². The van der Waals surface area contributed by atoms with Gasteiger partial charge in [0.2, 0.25) is 5.91 Å². The first kappa shape index (κ1) is 15.0. The van der Waals surface area contributed by atoms with E-state index in [1.165, 1.54) is 19.3 Å². The van der Waals surface area contributed by atoms with E-state index in [2.05, 4.69) is 15.6 Å². The molecule has 2 unspecified atom stereocenters. The Kier molecular flexibility index (Phi) is 4.71. The molecule has 2 heterocycles. The Morgan fingerprint density at radius 3 is 2.73 bits per heavy atom. The Morgan fingerprint density at radius 1 is 1.18 bits per heavy atom. The Hall–Kier alpha value is -1.91. The zero-order chi connectivity index (χ0) is 15.4. The normalized spacial score (nSPS) is 26.3. The monoisotopic (exact) mass is 301 g/mol. The van der Waals surface area contributed by atoms with Crippen molar-refractivity contribution in [2.24, 2.45) is 5.92 Å². The van der Waals surface area contributed by atoms with Crippen molar-refractivity contribution >= 4 is 11.8 Å². The molecular weight excluding hydrogens is 278 g/mol. The van der Waals surface area contributed by atoms with Crippen molar-refractivity contribution in [1.82, 2.24) is 15.6 Å². The first-order chi connectivity index (χ1) is 10.7. The fourth-order valence-corrected chi connectivity index (χ4v) is 3.67. The predicted octanol–water partition coefficient (Wildman–Crippen LogP) is 2.04. The molecule has 1 saturated carbocycles. The number of pyridine rings is 1. The topological polar surface area (TPSA) is 71.1 Å². The summed E-state index contributed by atoms with van der Waals surface area (Å²) >= 11 is 0. The van der Waals surface area contributed by atoms with Gasteiger partial charge >= 0.3 is 0 Å². The van der Waals surface area contributed by atoms with E-state index in [9.17, 15) is 9.59 Å². The summed E-state index contributed by atoms with van der Waals surface area (Å²) in [5.41, 5.74) is 0.432. The van der Waals surface area contributed by atoms with Gasteiger partial charge in [0.15, 0.2) is 0 Å². The summed E-state index contributed by atoms with van der Waals surface area (Å²) in [5.74, 6) is 0.438. The number of hydrogen-bond donors (Lipinski definition) is 2. The molecule has 1 aromatic heterocycles. The SMILES string of the molecule is O=C1CCC(NC(=O)c2ccccn2)C(C2CCCCC2)N1. The fourth-order valence-electron chi connectivity index (χ4n) is 3.67. The molecule has 0 radical (unpaired) electrons. The van der Waals surface area contributed by atoms with E-state index in [1.54, 1.807) is 18.3 Å². The molecule has 2 aliphatic rings. The minimum absolute atomic E-state index is 0.00954. The predicted molar refractivity (Wildman–Crippen MR) is 83.2 cm³/mol. The van der Waals surface area contributed by atoms with Gasteiger partial charge in [-0.3, -0.25) is 14.6 Å². The number of nitrogens with zero attached hydrogens (tertiary/aromatic N) is 1. The molecule has 1 saturated heterocycles. The number of carbonyl (C=O) groups excluding carboxylic acids is 2. The van der Waals surface area contributed by atoms with E-state index in [4.69, 9.17) is 0 Å². The number of aromatic nitrogens is 1. The van der Waals surface area contributed by atoms with Gasteiger partial charge in [0.1, 0.15) is 5.69 Å². The second-order valence-corrected chi connectivity index (χ2v) is 6.32. The minimum Gasteiger partial charge on any atom is -0.351 e. The molecule has 22 heavy (non-hydrogen) atoms. The van der Waals surface area contributed by atoms with E-state index in [0.29, 0.717) is 24.5 Å². The summed E-state index contributed by atoms with van der Waals surface area (Å²) < 4.78 is 0. The zero-order valence-corrected chi connectivity index (χ0v) is 12.8. The highest BCUT2D eigenvalue weighted by Gasteiger charge is 2.36. The van der Waals surface area contributed by atoms with Crippen molar-refractivity contribution < 1.29 is 9.59 Å². The third-order valence-electron chi connectivity index (χ3n) is 4.82. The fraction of sp³-hybridized carbons (Fsp3) is 0.588. The Balaban J connectivity index is 1.69. The number of piperidine rings is 1. The average Bonchev–Trinajstić information content (AvgIpc) is 2.58. The number of carbonyl (C=O) groups is 2. The van der Waals surface area contributed by atoms with Gasteiger partial charge < -0.3 is 10.6 Å². The molecular formula is C17H23N3O2. The molecule has 5 nitrogen and oxygen atoms in total. The van der Waals surface area contributed by atoms with E-state index in [1.807, 2.05) is 6.07 Å². The van der Waals surface area contributed by atoms with Crippen LogP contribution >= 0.6 is 0 Å². The lowest BCUT2D eigenvalue weighted by Crippen LogP contribution is -2.58. The van der Waals surface area contributed by atoms with Crippen LogP contribution in [0.5, 0.6) is 0 Å². The van der Waals surface area contributed by atoms with Crippen LogP contribution in [0.15, 0.2) is 24.4 Å².